The second-order valence-corrected chi connectivity index (χ2v) is 5.65. The third-order valence-electron chi connectivity index (χ3n) is 4.64. The van der Waals surface area contributed by atoms with Crippen LogP contribution in [0.25, 0.3) is 0 Å². The Labute approximate surface area is 119 Å². The Balaban J connectivity index is 2.08. The second-order valence-electron chi connectivity index (χ2n) is 5.65. The van der Waals surface area contributed by atoms with E-state index in [1.807, 2.05) is 6.07 Å². The average molecular weight is 275 g/mol. The van der Waals surface area contributed by atoms with Gasteiger partial charge >= 0.3 is 0 Å². The molecule has 1 amide bonds. The van der Waals surface area contributed by atoms with E-state index >= 15 is 0 Å². The first kappa shape index (κ1) is 13.3. The number of carbonyl (C=O) groups is 1. The molecule has 1 fully saturated rings. The minimum Gasteiger partial charge on any atom is -0.497 e. The molecule has 0 radical (unpaired) electrons. The molecule has 108 valence electrons. The summed E-state index contributed by atoms with van der Waals surface area (Å²) < 4.78 is 10.8. The Morgan fingerprint density at radius 3 is 2.55 bits per heavy atom. The van der Waals surface area contributed by atoms with Crippen molar-refractivity contribution in [3.05, 3.63) is 23.3 Å². The molecule has 1 heterocycles. The number of nitrogens with one attached hydrogen (secondary N) is 1. The molecule has 4 nitrogen and oxygen atoms in total. The maximum atomic E-state index is 12.2. The van der Waals surface area contributed by atoms with E-state index in [0.29, 0.717) is 23.1 Å². The molecule has 2 aliphatic rings. The molecular weight excluding hydrogens is 254 g/mol. The molecule has 1 aliphatic carbocycles. The highest BCUT2D eigenvalue weighted by atomic mass is 16.5. The van der Waals surface area contributed by atoms with Gasteiger partial charge in [-0.05, 0) is 30.4 Å². The summed E-state index contributed by atoms with van der Waals surface area (Å²) in [5, 5.41) is 3.02. The minimum absolute atomic E-state index is 0.0336. The van der Waals surface area contributed by atoms with Gasteiger partial charge in [-0.15, -0.1) is 0 Å². The molecule has 1 atom stereocenters. The zero-order valence-electron chi connectivity index (χ0n) is 12.1. The van der Waals surface area contributed by atoms with Gasteiger partial charge in [0.15, 0.2) is 0 Å². The molecule has 0 spiro atoms. The van der Waals surface area contributed by atoms with E-state index < -0.39 is 0 Å². The summed E-state index contributed by atoms with van der Waals surface area (Å²) in [6.45, 7) is 0.729. The Morgan fingerprint density at radius 2 is 1.90 bits per heavy atom. The van der Waals surface area contributed by atoms with Crippen molar-refractivity contribution in [1.29, 1.82) is 0 Å². The first-order valence-electron chi connectivity index (χ1n) is 7.28. The number of benzene rings is 1. The van der Waals surface area contributed by atoms with Crippen LogP contribution in [0, 0.1) is 5.92 Å². The molecule has 1 aliphatic heterocycles. The fraction of sp³-hybridized carbons (Fsp3) is 0.562. The van der Waals surface area contributed by atoms with Crippen LogP contribution >= 0.6 is 0 Å². The van der Waals surface area contributed by atoms with Gasteiger partial charge in [-0.1, -0.05) is 12.8 Å². The van der Waals surface area contributed by atoms with Gasteiger partial charge in [-0.3, -0.25) is 4.79 Å². The highest BCUT2D eigenvalue weighted by Gasteiger charge is 2.35. The van der Waals surface area contributed by atoms with Gasteiger partial charge in [-0.2, -0.15) is 0 Å². The summed E-state index contributed by atoms with van der Waals surface area (Å²) in [4.78, 5) is 12.2. The Hall–Kier alpha value is -1.71. The number of rotatable bonds is 3. The second kappa shape index (κ2) is 5.35. The first-order valence-corrected chi connectivity index (χ1v) is 7.28. The number of fused-ring (bicyclic) bond motifs is 1. The predicted molar refractivity (Wildman–Crippen MR) is 76.6 cm³/mol. The molecule has 3 rings (SSSR count). The van der Waals surface area contributed by atoms with E-state index in [2.05, 4.69) is 5.32 Å². The summed E-state index contributed by atoms with van der Waals surface area (Å²) in [7, 11) is 3.25. The Kier molecular flexibility index (Phi) is 3.55. The smallest absolute Gasteiger partial charge is 0.255 e. The number of ether oxygens (including phenoxy) is 2. The van der Waals surface area contributed by atoms with E-state index in [-0.39, 0.29) is 5.91 Å². The van der Waals surface area contributed by atoms with Crippen LogP contribution in [0.2, 0.25) is 0 Å². The third kappa shape index (κ3) is 2.13. The SMILES string of the molecule is COc1cc(OC)c2c(c1)C(C1CCCC1)CNC2=O. The highest BCUT2D eigenvalue weighted by Crippen LogP contribution is 2.43. The lowest BCUT2D eigenvalue weighted by molar-refractivity contribution is 0.0931. The Morgan fingerprint density at radius 1 is 1.15 bits per heavy atom. The molecule has 1 N–H and O–H groups in total. The van der Waals surface area contributed by atoms with Crippen molar-refractivity contribution in [2.24, 2.45) is 5.92 Å². The number of methoxy groups -OCH3 is 2. The lowest BCUT2D eigenvalue weighted by Crippen LogP contribution is -2.37. The van der Waals surface area contributed by atoms with Crippen LogP contribution in [0.4, 0.5) is 0 Å². The number of hydrogen-bond donors (Lipinski definition) is 1. The fourth-order valence-electron chi connectivity index (χ4n) is 3.61. The normalized spacial score (nSPS) is 22.3. The van der Waals surface area contributed by atoms with Crippen LogP contribution in [-0.2, 0) is 0 Å². The lowest BCUT2D eigenvalue weighted by Gasteiger charge is -2.31. The van der Waals surface area contributed by atoms with Gasteiger partial charge in [0.1, 0.15) is 11.5 Å². The summed E-state index contributed by atoms with van der Waals surface area (Å²) in [6.07, 6.45) is 5.09. The summed E-state index contributed by atoms with van der Waals surface area (Å²) in [5.41, 5.74) is 1.79. The maximum absolute atomic E-state index is 12.2. The molecule has 20 heavy (non-hydrogen) atoms. The lowest BCUT2D eigenvalue weighted by atomic mass is 9.80. The zero-order valence-corrected chi connectivity index (χ0v) is 12.1. The van der Waals surface area contributed by atoms with E-state index in [1.54, 1.807) is 20.3 Å². The third-order valence-corrected chi connectivity index (χ3v) is 4.64. The molecular formula is C16H21NO3. The van der Waals surface area contributed by atoms with Crippen LogP contribution in [0.15, 0.2) is 12.1 Å². The molecule has 1 aromatic carbocycles. The van der Waals surface area contributed by atoms with Crippen molar-refractivity contribution in [3.8, 4) is 11.5 Å². The van der Waals surface area contributed by atoms with E-state index in [4.69, 9.17) is 9.47 Å². The zero-order chi connectivity index (χ0) is 14.1. The van der Waals surface area contributed by atoms with Gasteiger partial charge in [0.2, 0.25) is 0 Å². The molecule has 1 saturated carbocycles. The van der Waals surface area contributed by atoms with Crippen LogP contribution in [-0.4, -0.2) is 26.7 Å². The van der Waals surface area contributed by atoms with Gasteiger partial charge in [0.05, 0.1) is 19.8 Å². The highest BCUT2D eigenvalue weighted by molar-refractivity contribution is 6.00. The van der Waals surface area contributed by atoms with Crippen LogP contribution in [0.3, 0.4) is 0 Å². The summed E-state index contributed by atoms with van der Waals surface area (Å²) >= 11 is 0. The monoisotopic (exact) mass is 275 g/mol. The van der Waals surface area contributed by atoms with E-state index in [9.17, 15) is 4.79 Å². The average Bonchev–Trinajstić information content (AvgIpc) is 3.00. The first-order chi connectivity index (χ1) is 9.74. The van der Waals surface area contributed by atoms with Crippen molar-refractivity contribution in [1.82, 2.24) is 5.32 Å². The minimum atomic E-state index is -0.0336. The van der Waals surface area contributed by atoms with E-state index in [1.165, 1.54) is 25.7 Å². The van der Waals surface area contributed by atoms with Crippen LogP contribution in [0.5, 0.6) is 11.5 Å². The number of carbonyl (C=O) groups excluding carboxylic acids is 1. The molecule has 0 aromatic heterocycles. The topological polar surface area (TPSA) is 47.6 Å². The maximum Gasteiger partial charge on any atom is 0.255 e. The summed E-state index contributed by atoms with van der Waals surface area (Å²) in [5.74, 6) is 2.38. The molecule has 0 saturated heterocycles. The molecule has 1 aromatic rings. The number of amides is 1. The summed E-state index contributed by atoms with van der Waals surface area (Å²) in [6, 6.07) is 3.80. The largest absolute Gasteiger partial charge is 0.497 e. The van der Waals surface area contributed by atoms with Gasteiger partial charge in [-0.25, -0.2) is 0 Å². The van der Waals surface area contributed by atoms with Gasteiger partial charge in [0, 0.05) is 18.5 Å². The molecule has 4 heteroatoms. The number of hydrogen-bond acceptors (Lipinski definition) is 3. The van der Waals surface area contributed by atoms with Crippen molar-refractivity contribution in [2.45, 2.75) is 31.6 Å². The Bertz CT molecular complexity index is 521. The predicted octanol–water partition coefficient (Wildman–Crippen LogP) is 2.72. The van der Waals surface area contributed by atoms with E-state index in [0.717, 1.165) is 17.9 Å². The van der Waals surface area contributed by atoms with Crippen molar-refractivity contribution >= 4 is 5.91 Å². The molecule has 1 unspecified atom stereocenters. The molecule has 0 bridgehead atoms. The van der Waals surface area contributed by atoms with Crippen LogP contribution in [0.1, 0.15) is 47.5 Å². The van der Waals surface area contributed by atoms with Gasteiger partial charge in [0.25, 0.3) is 5.91 Å². The van der Waals surface area contributed by atoms with Crippen molar-refractivity contribution in [3.63, 3.8) is 0 Å². The standard InChI is InChI=1S/C16H21NO3/c1-19-11-7-12-13(10-5-3-4-6-10)9-17-16(18)15(12)14(8-11)20-2/h7-8,10,13H,3-6,9H2,1-2H3,(H,17,18). The fourth-order valence-corrected chi connectivity index (χ4v) is 3.61. The van der Waals surface area contributed by atoms with Crippen molar-refractivity contribution in [2.75, 3.05) is 20.8 Å². The quantitative estimate of drug-likeness (QED) is 0.922. The van der Waals surface area contributed by atoms with Crippen LogP contribution < -0.4 is 14.8 Å². The van der Waals surface area contributed by atoms with Gasteiger partial charge < -0.3 is 14.8 Å². The van der Waals surface area contributed by atoms with Crippen molar-refractivity contribution < 1.29 is 14.3 Å².